The number of nitrogens with zero attached hydrogens (tertiary/aromatic N) is 3. The Bertz CT molecular complexity index is 922. The van der Waals surface area contributed by atoms with E-state index < -0.39 is 22.4 Å². The topological polar surface area (TPSA) is 61.0 Å². The number of aromatic nitrogens is 2. The van der Waals surface area contributed by atoms with E-state index in [4.69, 9.17) is 0 Å². The summed E-state index contributed by atoms with van der Waals surface area (Å²) in [5.74, 6) is 0. The minimum absolute atomic E-state index is 0.320. The fraction of sp³-hybridized carbons (Fsp3) is 0.133. The molecule has 116 valence electrons. The second kappa shape index (κ2) is 4.31. The highest BCUT2D eigenvalue weighted by molar-refractivity contribution is 6.07. The Hall–Kier alpha value is -2.90. The standard InChI is InChI=1S/C15H8F3N3O2/c16-15(17,18)12-3-8(1-2-13(12)21(22)23)10-4-9-5-11(10)14-6-19-7-20(9)14/h1-4,6-7H,5H2. The smallest absolute Gasteiger partial charge is 0.303 e. The van der Waals surface area contributed by atoms with Crippen molar-refractivity contribution in [3.8, 4) is 0 Å². The van der Waals surface area contributed by atoms with Crippen molar-refractivity contribution >= 4 is 22.5 Å². The molecule has 0 N–H and O–H groups in total. The van der Waals surface area contributed by atoms with E-state index in [9.17, 15) is 23.3 Å². The number of imidazole rings is 1. The van der Waals surface area contributed by atoms with Gasteiger partial charge in [0.2, 0.25) is 0 Å². The molecule has 0 radical (unpaired) electrons. The second-order valence-corrected chi connectivity index (χ2v) is 5.34. The Kier molecular flexibility index (Phi) is 2.58. The highest BCUT2D eigenvalue weighted by Gasteiger charge is 2.39. The first kappa shape index (κ1) is 13.7. The average Bonchev–Trinajstić information content (AvgIpc) is 3.18. The number of rotatable bonds is 2. The van der Waals surface area contributed by atoms with Crippen LogP contribution in [0.3, 0.4) is 0 Å². The molecule has 1 aromatic carbocycles. The second-order valence-electron chi connectivity index (χ2n) is 5.34. The molecule has 0 spiro atoms. The third-order valence-electron chi connectivity index (χ3n) is 4.06. The van der Waals surface area contributed by atoms with E-state index in [1.807, 2.05) is 4.57 Å². The summed E-state index contributed by atoms with van der Waals surface area (Å²) in [6.07, 6.45) is 0.959. The third kappa shape index (κ3) is 1.91. The molecule has 8 heteroatoms. The van der Waals surface area contributed by atoms with Gasteiger partial charge in [-0.3, -0.25) is 10.1 Å². The molecule has 2 bridgehead atoms. The third-order valence-corrected chi connectivity index (χ3v) is 4.06. The molecule has 0 fully saturated rings. The van der Waals surface area contributed by atoms with Crippen LogP contribution >= 0.6 is 0 Å². The molecular weight excluding hydrogens is 311 g/mol. The summed E-state index contributed by atoms with van der Waals surface area (Å²) < 4.78 is 41.2. The maximum Gasteiger partial charge on any atom is 0.423 e. The Labute approximate surface area is 127 Å². The fourth-order valence-electron chi connectivity index (χ4n) is 3.06. The lowest BCUT2D eigenvalue weighted by Crippen LogP contribution is -2.09. The van der Waals surface area contributed by atoms with Crippen molar-refractivity contribution in [2.45, 2.75) is 12.6 Å². The van der Waals surface area contributed by atoms with Crippen molar-refractivity contribution < 1.29 is 18.1 Å². The molecule has 0 amide bonds. The maximum absolute atomic E-state index is 13.1. The highest BCUT2D eigenvalue weighted by atomic mass is 19.4. The normalized spacial score (nSPS) is 15.9. The van der Waals surface area contributed by atoms with Gasteiger partial charge < -0.3 is 4.57 Å². The van der Waals surface area contributed by atoms with Crippen LogP contribution in [-0.4, -0.2) is 14.5 Å². The van der Waals surface area contributed by atoms with Gasteiger partial charge in [0.15, 0.2) is 0 Å². The predicted molar refractivity (Wildman–Crippen MR) is 76.0 cm³/mol. The van der Waals surface area contributed by atoms with Crippen LogP contribution in [0.15, 0.2) is 36.8 Å². The van der Waals surface area contributed by atoms with E-state index in [-0.39, 0.29) is 0 Å². The minimum Gasteiger partial charge on any atom is -0.303 e. The Balaban J connectivity index is 1.89. The van der Waals surface area contributed by atoms with Crippen LogP contribution in [-0.2, 0) is 6.18 Å². The molecule has 0 unspecified atom stereocenters. The number of halogens is 3. The lowest BCUT2D eigenvalue weighted by molar-refractivity contribution is -0.388. The van der Waals surface area contributed by atoms with Gasteiger partial charge in [-0.1, -0.05) is 0 Å². The maximum atomic E-state index is 13.1. The number of hydrogen-bond donors (Lipinski definition) is 0. The Morgan fingerprint density at radius 2 is 2.09 bits per heavy atom. The fourth-order valence-corrected chi connectivity index (χ4v) is 3.06. The van der Waals surface area contributed by atoms with E-state index in [1.54, 1.807) is 18.6 Å². The van der Waals surface area contributed by atoms with Gasteiger partial charge >= 0.3 is 6.18 Å². The van der Waals surface area contributed by atoms with Crippen LogP contribution in [0.4, 0.5) is 18.9 Å². The molecule has 1 aliphatic carbocycles. The first-order valence-corrected chi connectivity index (χ1v) is 6.69. The molecule has 5 nitrogen and oxygen atoms in total. The number of benzene rings is 1. The quantitative estimate of drug-likeness (QED) is 0.621. The van der Waals surface area contributed by atoms with Gasteiger partial charge in [0.25, 0.3) is 5.69 Å². The van der Waals surface area contributed by atoms with Gasteiger partial charge in [-0.15, -0.1) is 0 Å². The molecule has 2 aromatic rings. The largest absolute Gasteiger partial charge is 0.423 e. The number of nitro benzene ring substituents is 1. The molecular formula is C15H8F3N3O2. The van der Waals surface area contributed by atoms with Crippen LogP contribution in [0, 0.1) is 10.1 Å². The number of nitro groups is 1. The molecule has 23 heavy (non-hydrogen) atoms. The minimum atomic E-state index is -4.78. The van der Waals surface area contributed by atoms with Crippen molar-refractivity contribution in [3.05, 3.63) is 63.7 Å². The van der Waals surface area contributed by atoms with Gasteiger partial charge in [0.05, 0.1) is 23.1 Å². The summed E-state index contributed by atoms with van der Waals surface area (Å²) in [6.45, 7) is 0. The van der Waals surface area contributed by atoms with Crippen LogP contribution in [0.2, 0.25) is 0 Å². The highest BCUT2D eigenvalue weighted by Crippen LogP contribution is 2.47. The Morgan fingerprint density at radius 1 is 1.30 bits per heavy atom. The molecule has 1 aliphatic heterocycles. The lowest BCUT2D eigenvalue weighted by atomic mass is 9.98. The number of fused-ring (bicyclic) bond motifs is 5. The van der Waals surface area contributed by atoms with E-state index in [0.717, 1.165) is 29.1 Å². The van der Waals surface area contributed by atoms with Gasteiger partial charge in [-0.25, -0.2) is 4.98 Å². The Morgan fingerprint density at radius 3 is 2.78 bits per heavy atom. The van der Waals surface area contributed by atoms with Crippen LogP contribution in [0.5, 0.6) is 0 Å². The summed E-state index contributed by atoms with van der Waals surface area (Å²) >= 11 is 0. The number of alkyl halides is 3. The van der Waals surface area contributed by atoms with Crippen molar-refractivity contribution in [1.29, 1.82) is 0 Å². The van der Waals surface area contributed by atoms with Crippen LogP contribution < -0.4 is 0 Å². The van der Waals surface area contributed by atoms with E-state index in [1.165, 1.54) is 6.07 Å². The number of allylic oxidation sites excluding steroid dienone is 4. The first-order valence-electron chi connectivity index (χ1n) is 6.69. The summed E-state index contributed by atoms with van der Waals surface area (Å²) in [6, 6.07) is 3.11. The van der Waals surface area contributed by atoms with E-state index >= 15 is 0 Å². The molecule has 0 saturated heterocycles. The summed E-state index contributed by atoms with van der Waals surface area (Å²) in [7, 11) is 0. The van der Waals surface area contributed by atoms with Crippen LogP contribution in [0.1, 0.15) is 23.2 Å². The van der Waals surface area contributed by atoms with Gasteiger partial charge in [-0.05, 0) is 34.9 Å². The summed E-state index contributed by atoms with van der Waals surface area (Å²) in [5.41, 5.74) is 1.49. The predicted octanol–water partition coefficient (Wildman–Crippen LogP) is 3.98. The van der Waals surface area contributed by atoms with Crippen molar-refractivity contribution in [3.63, 3.8) is 0 Å². The number of hydrogen-bond acceptors (Lipinski definition) is 3. The van der Waals surface area contributed by atoms with Crippen molar-refractivity contribution in [2.75, 3.05) is 0 Å². The SMILES string of the molecule is O=[N+]([O-])c1ccc(C2=C3CC(=C2)n2cncc23)cc1C(F)(F)F. The molecule has 0 saturated carbocycles. The van der Waals surface area contributed by atoms with E-state index in [2.05, 4.69) is 4.98 Å². The molecule has 2 aliphatic rings. The molecule has 1 aromatic heterocycles. The van der Waals surface area contributed by atoms with Crippen LogP contribution in [0.25, 0.3) is 16.8 Å². The van der Waals surface area contributed by atoms with Gasteiger partial charge in [0, 0.05) is 18.2 Å². The molecule has 0 atom stereocenters. The zero-order valence-electron chi connectivity index (χ0n) is 11.5. The summed E-state index contributed by atoms with van der Waals surface area (Å²) in [5, 5.41) is 10.8. The summed E-state index contributed by atoms with van der Waals surface area (Å²) in [4.78, 5) is 13.8. The zero-order chi connectivity index (χ0) is 16.4. The van der Waals surface area contributed by atoms with Gasteiger partial charge in [0.1, 0.15) is 5.56 Å². The average molecular weight is 319 g/mol. The first-order chi connectivity index (χ1) is 10.9. The van der Waals surface area contributed by atoms with Crippen molar-refractivity contribution in [2.24, 2.45) is 0 Å². The van der Waals surface area contributed by atoms with Crippen molar-refractivity contribution in [1.82, 2.24) is 9.55 Å². The molecule has 4 rings (SSSR count). The monoisotopic (exact) mass is 319 g/mol. The molecule has 2 heterocycles. The lowest BCUT2D eigenvalue weighted by Gasteiger charge is -2.12. The zero-order valence-corrected chi connectivity index (χ0v) is 11.5. The van der Waals surface area contributed by atoms with E-state index in [0.29, 0.717) is 17.6 Å². The van der Waals surface area contributed by atoms with Gasteiger partial charge in [-0.2, -0.15) is 13.2 Å².